The van der Waals surface area contributed by atoms with Crippen molar-refractivity contribution < 1.29 is 4.74 Å². The minimum Gasteiger partial charge on any atom is -0.381 e. The maximum absolute atomic E-state index is 5.55. The zero-order valence-corrected chi connectivity index (χ0v) is 9.01. The van der Waals surface area contributed by atoms with E-state index >= 15 is 0 Å². The summed E-state index contributed by atoms with van der Waals surface area (Å²) in [6, 6.07) is 0. The quantitative estimate of drug-likeness (QED) is 0.678. The van der Waals surface area contributed by atoms with Gasteiger partial charge in [0.15, 0.2) is 0 Å². The number of ether oxygens (including phenoxy) is 1. The lowest BCUT2D eigenvalue weighted by molar-refractivity contribution is 0.0437. The third kappa shape index (κ3) is 3.65. The van der Waals surface area contributed by atoms with Crippen LogP contribution in [0.25, 0.3) is 0 Å². The first-order valence-electron chi connectivity index (χ1n) is 5.56. The van der Waals surface area contributed by atoms with Crippen molar-refractivity contribution >= 4 is 0 Å². The largest absolute Gasteiger partial charge is 0.381 e. The Hall–Kier alpha value is -0.0800. The van der Waals surface area contributed by atoms with E-state index in [0.717, 1.165) is 12.5 Å². The van der Waals surface area contributed by atoms with E-state index in [0.29, 0.717) is 6.10 Å². The zero-order chi connectivity index (χ0) is 9.52. The molecule has 1 N–H and O–H groups in total. The van der Waals surface area contributed by atoms with Crippen LogP contribution in [0.1, 0.15) is 38.5 Å². The molecule has 1 rings (SSSR count). The molecule has 0 saturated heterocycles. The number of hydrogen-bond acceptors (Lipinski definition) is 2. The second-order valence-electron chi connectivity index (χ2n) is 4.06. The van der Waals surface area contributed by atoms with Crippen LogP contribution < -0.4 is 5.32 Å². The van der Waals surface area contributed by atoms with Crippen LogP contribution in [0.3, 0.4) is 0 Å². The Morgan fingerprint density at radius 2 is 2.00 bits per heavy atom. The predicted molar refractivity (Wildman–Crippen MR) is 55.9 cm³/mol. The summed E-state index contributed by atoms with van der Waals surface area (Å²) < 4.78 is 5.55. The number of methoxy groups -OCH3 is 1. The monoisotopic (exact) mass is 185 g/mol. The van der Waals surface area contributed by atoms with Crippen LogP contribution in [0, 0.1) is 5.92 Å². The highest BCUT2D eigenvalue weighted by Crippen LogP contribution is 2.27. The Kier molecular flexibility index (Phi) is 5.40. The van der Waals surface area contributed by atoms with E-state index in [1.54, 1.807) is 0 Å². The Morgan fingerprint density at radius 3 is 2.69 bits per heavy atom. The van der Waals surface area contributed by atoms with Gasteiger partial charge in [-0.15, -0.1) is 0 Å². The van der Waals surface area contributed by atoms with Gasteiger partial charge in [-0.3, -0.25) is 0 Å². The van der Waals surface area contributed by atoms with Gasteiger partial charge in [0.25, 0.3) is 0 Å². The minimum absolute atomic E-state index is 0.524. The maximum atomic E-state index is 5.55. The summed E-state index contributed by atoms with van der Waals surface area (Å²) in [6.45, 7) is 1.13. The van der Waals surface area contributed by atoms with Crippen LogP contribution in [0.2, 0.25) is 0 Å². The third-order valence-electron chi connectivity index (χ3n) is 3.16. The topological polar surface area (TPSA) is 21.3 Å². The summed E-state index contributed by atoms with van der Waals surface area (Å²) in [7, 11) is 3.89. The van der Waals surface area contributed by atoms with E-state index in [1.165, 1.54) is 38.5 Å². The molecular formula is C11H23NO. The van der Waals surface area contributed by atoms with Crippen molar-refractivity contribution in [3.8, 4) is 0 Å². The standard InChI is InChI=1S/C11H23NO/c1-12-9-8-10-6-4-3-5-7-11(10)13-2/h10-12H,3-9H2,1-2H3. The molecule has 1 fully saturated rings. The lowest BCUT2D eigenvalue weighted by atomic mass is 9.94. The molecule has 0 aromatic carbocycles. The van der Waals surface area contributed by atoms with Gasteiger partial charge in [0, 0.05) is 7.11 Å². The summed E-state index contributed by atoms with van der Waals surface area (Å²) in [6.07, 6.45) is 8.58. The van der Waals surface area contributed by atoms with Gasteiger partial charge in [0.1, 0.15) is 0 Å². The van der Waals surface area contributed by atoms with Gasteiger partial charge in [-0.2, -0.15) is 0 Å². The smallest absolute Gasteiger partial charge is 0.0600 e. The Labute approximate surface area is 82.0 Å². The van der Waals surface area contributed by atoms with Gasteiger partial charge < -0.3 is 10.1 Å². The molecule has 0 amide bonds. The lowest BCUT2D eigenvalue weighted by Gasteiger charge is -2.23. The first-order chi connectivity index (χ1) is 6.38. The van der Waals surface area contributed by atoms with Gasteiger partial charge in [-0.1, -0.05) is 19.3 Å². The molecule has 0 radical (unpaired) electrons. The molecule has 1 saturated carbocycles. The Morgan fingerprint density at radius 1 is 1.23 bits per heavy atom. The predicted octanol–water partition coefficient (Wildman–Crippen LogP) is 2.19. The molecule has 0 aromatic rings. The molecule has 0 aromatic heterocycles. The second-order valence-corrected chi connectivity index (χ2v) is 4.06. The van der Waals surface area contributed by atoms with Crippen LogP contribution in [0.5, 0.6) is 0 Å². The molecule has 0 heterocycles. The van der Waals surface area contributed by atoms with Gasteiger partial charge in [0.2, 0.25) is 0 Å². The van der Waals surface area contributed by atoms with Crippen molar-refractivity contribution in [2.75, 3.05) is 20.7 Å². The van der Waals surface area contributed by atoms with Crippen molar-refractivity contribution in [2.45, 2.75) is 44.6 Å². The zero-order valence-electron chi connectivity index (χ0n) is 9.01. The van der Waals surface area contributed by atoms with Gasteiger partial charge >= 0.3 is 0 Å². The highest BCUT2D eigenvalue weighted by Gasteiger charge is 2.22. The molecular weight excluding hydrogens is 162 g/mol. The molecule has 13 heavy (non-hydrogen) atoms. The first kappa shape index (κ1) is 11.0. The van der Waals surface area contributed by atoms with Gasteiger partial charge in [-0.25, -0.2) is 0 Å². The van der Waals surface area contributed by atoms with Crippen molar-refractivity contribution in [1.82, 2.24) is 5.32 Å². The molecule has 0 spiro atoms. The van der Waals surface area contributed by atoms with Crippen molar-refractivity contribution in [2.24, 2.45) is 5.92 Å². The first-order valence-corrected chi connectivity index (χ1v) is 5.56. The normalized spacial score (nSPS) is 30.0. The highest BCUT2D eigenvalue weighted by molar-refractivity contribution is 4.74. The van der Waals surface area contributed by atoms with E-state index in [4.69, 9.17) is 4.74 Å². The van der Waals surface area contributed by atoms with Crippen LogP contribution in [-0.4, -0.2) is 26.8 Å². The van der Waals surface area contributed by atoms with E-state index in [2.05, 4.69) is 5.32 Å². The fourth-order valence-electron chi connectivity index (χ4n) is 2.32. The summed E-state index contributed by atoms with van der Waals surface area (Å²) >= 11 is 0. The van der Waals surface area contributed by atoms with Crippen molar-refractivity contribution in [1.29, 1.82) is 0 Å². The fourth-order valence-corrected chi connectivity index (χ4v) is 2.32. The van der Waals surface area contributed by atoms with Crippen LogP contribution in [0.15, 0.2) is 0 Å². The molecule has 2 unspecified atom stereocenters. The Balaban J connectivity index is 2.34. The molecule has 1 aliphatic rings. The third-order valence-corrected chi connectivity index (χ3v) is 3.16. The van der Waals surface area contributed by atoms with E-state index in [1.807, 2.05) is 14.2 Å². The molecule has 0 aliphatic heterocycles. The molecule has 0 bridgehead atoms. The average Bonchev–Trinajstić information content (AvgIpc) is 2.39. The Bertz CT molecular complexity index is 127. The molecule has 2 atom stereocenters. The molecule has 78 valence electrons. The molecule has 2 nitrogen and oxygen atoms in total. The second kappa shape index (κ2) is 6.39. The highest BCUT2D eigenvalue weighted by atomic mass is 16.5. The number of nitrogens with one attached hydrogen (secondary N) is 1. The summed E-state index contributed by atoms with van der Waals surface area (Å²) in [5.41, 5.74) is 0. The summed E-state index contributed by atoms with van der Waals surface area (Å²) in [5.74, 6) is 0.792. The number of hydrogen-bond donors (Lipinski definition) is 1. The van der Waals surface area contributed by atoms with Crippen molar-refractivity contribution in [3.05, 3.63) is 0 Å². The lowest BCUT2D eigenvalue weighted by Crippen LogP contribution is -2.25. The van der Waals surface area contributed by atoms with Crippen LogP contribution >= 0.6 is 0 Å². The average molecular weight is 185 g/mol. The van der Waals surface area contributed by atoms with Crippen molar-refractivity contribution in [3.63, 3.8) is 0 Å². The fraction of sp³-hybridized carbons (Fsp3) is 1.00. The van der Waals surface area contributed by atoms with Gasteiger partial charge in [0.05, 0.1) is 6.10 Å². The van der Waals surface area contributed by atoms with E-state index in [-0.39, 0.29) is 0 Å². The van der Waals surface area contributed by atoms with Crippen LogP contribution in [-0.2, 0) is 4.74 Å². The molecule has 1 aliphatic carbocycles. The maximum Gasteiger partial charge on any atom is 0.0600 e. The molecule has 2 heteroatoms. The van der Waals surface area contributed by atoms with Crippen LogP contribution in [0.4, 0.5) is 0 Å². The van der Waals surface area contributed by atoms with Gasteiger partial charge in [-0.05, 0) is 38.8 Å². The summed E-state index contributed by atoms with van der Waals surface area (Å²) in [4.78, 5) is 0. The van der Waals surface area contributed by atoms with E-state index < -0.39 is 0 Å². The summed E-state index contributed by atoms with van der Waals surface area (Å²) in [5, 5.41) is 3.22. The minimum atomic E-state index is 0.524. The number of rotatable bonds is 4. The van der Waals surface area contributed by atoms with E-state index in [9.17, 15) is 0 Å². The SMILES string of the molecule is CNCCC1CCCCCC1OC.